The summed E-state index contributed by atoms with van der Waals surface area (Å²) in [5, 5.41) is 4.28. The quantitative estimate of drug-likeness (QED) is 0.852. The summed E-state index contributed by atoms with van der Waals surface area (Å²) in [6.45, 7) is 2.70. The molecule has 0 saturated carbocycles. The van der Waals surface area contributed by atoms with Gasteiger partial charge in [-0.25, -0.2) is 4.79 Å². The van der Waals surface area contributed by atoms with Crippen molar-refractivity contribution >= 4 is 17.7 Å². The van der Waals surface area contributed by atoms with Crippen molar-refractivity contribution in [3.05, 3.63) is 47.2 Å². The number of halogens is 1. The van der Waals surface area contributed by atoms with Gasteiger partial charge >= 0.3 is 6.09 Å². The summed E-state index contributed by atoms with van der Waals surface area (Å²) >= 11 is 6.03. The third-order valence-electron chi connectivity index (χ3n) is 4.37. The molecule has 7 heteroatoms. The Morgan fingerprint density at radius 1 is 1.42 bits per heavy atom. The molecule has 1 aliphatic rings. The maximum Gasteiger partial charge on any atom is 0.415 e. The van der Waals surface area contributed by atoms with Crippen molar-refractivity contribution in [2.45, 2.75) is 19.0 Å². The van der Waals surface area contributed by atoms with Gasteiger partial charge in [-0.05, 0) is 12.0 Å². The van der Waals surface area contributed by atoms with Crippen molar-refractivity contribution in [2.24, 2.45) is 7.05 Å². The molecule has 6 nitrogen and oxygen atoms in total. The molecule has 0 bridgehead atoms. The van der Waals surface area contributed by atoms with Gasteiger partial charge < -0.3 is 9.64 Å². The summed E-state index contributed by atoms with van der Waals surface area (Å²) in [6, 6.07) is 10.5. The highest BCUT2D eigenvalue weighted by molar-refractivity contribution is 6.31. The predicted octanol–water partition coefficient (Wildman–Crippen LogP) is 2.78. The van der Waals surface area contributed by atoms with E-state index in [0.29, 0.717) is 5.15 Å². The molecular weight excluding hydrogens is 328 g/mol. The van der Waals surface area contributed by atoms with E-state index in [1.54, 1.807) is 19.0 Å². The molecule has 2 aromatic rings. The van der Waals surface area contributed by atoms with Crippen LogP contribution in [0.15, 0.2) is 36.5 Å². The molecule has 0 N–H and O–H groups in total. The van der Waals surface area contributed by atoms with Crippen LogP contribution < -0.4 is 4.74 Å². The lowest BCUT2D eigenvalue weighted by Crippen LogP contribution is -2.40. The normalized spacial score (nSPS) is 17.9. The van der Waals surface area contributed by atoms with Gasteiger partial charge in [0.05, 0.1) is 6.20 Å². The molecule has 0 radical (unpaired) electrons. The van der Waals surface area contributed by atoms with Gasteiger partial charge in [0.1, 0.15) is 0 Å². The van der Waals surface area contributed by atoms with Crippen LogP contribution in [-0.2, 0) is 13.6 Å². The van der Waals surface area contributed by atoms with Crippen molar-refractivity contribution in [2.75, 3.05) is 20.1 Å². The first-order valence-corrected chi connectivity index (χ1v) is 8.31. The second-order valence-electron chi connectivity index (χ2n) is 6.07. The largest absolute Gasteiger partial charge is 0.415 e. The number of amides is 1. The molecule has 2 heterocycles. The Bertz CT molecular complexity index is 704. The number of carbonyl (C=O) groups excluding carboxylic acids is 1. The zero-order valence-corrected chi connectivity index (χ0v) is 14.6. The molecule has 1 saturated heterocycles. The maximum atomic E-state index is 12.3. The molecule has 1 aromatic carbocycles. The number of carbonyl (C=O) groups is 1. The number of ether oxygens (including phenoxy) is 1. The third kappa shape index (κ3) is 3.71. The SMILES string of the molecule is CN(C(=O)Oc1cnn(C)c1Cl)C1CCN(Cc2ccccc2)C1. The lowest BCUT2D eigenvalue weighted by atomic mass is 10.2. The third-order valence-corrected chi connectivity index (χ3v) is 4.80. The lowest BCUT2D eigenvalue weighted by molar-refractivity contribution is 0.145. The van der Waals surface area contributed by atoms with E-state index < -0.39 is 6.09 Å². The van der Waals surface area contributed by atoms with Crippen LogP contribution in [0, 0.1) is 0 Å². The monoisotopic (exact) mass is 348 g/mol. The summed E-state index contributed by atoms with van der Waals surface area (Å²) in [6.07, 6.45) is 1.97. The molecule has 1 aromatic heterocycles. The summed E-state index contributed by atoms with van der Waals surface area (Å²) < 4.78 is 6.81. The van der Waals surface area contributed by atoms with Gasteiger partial charge in [0, 0.05) is 39.8 Å². The molecule has 1 unspecified atom stereocenters. The molecule has 1 atom stereocenters. The highest BCUT2D eigenvalue weighted by Crippen LogP contribution is 2.24. The molecule has 24 heavy (non-hydrogen) atoms. The van der Waals surface area contributed by atoms with Crippen molar-refractivity contribution in [3.8, 4) is 5.75 Å². The Morgan fingerprint density at radius 2 is 2.17 bits per heavy atom. The predicted molar refractivity (Wildman–Crippen MR) is 92.1 cm³/mol. The van der Waals surface area contributed by atoms with Crippen LogP contribution >= 0.6 is 11.6 Å². The number of likely N-dealkylation sites (tertiary alicyclic amines) is 1. The molecule has 1 amide bonds. The fourth-order valence-corrected chi connectivity index (χ4v) is 3.03. The summed E-state index contributed by atoms with van der Waals surface area (Å²) in [7, 11) is 3.46. The van der Waals surface area contributed by atoms with Crippen LogP contribution in [0.3, 0.4) is 0 Å². The number of hydrogen-bond acceptors (Lipinski definition) is 4. The van der Waals surface area contributed by atoms with Gasteiger partial charge in [-0.1, -0.05) is 41.9 Å². The van der Waals surface area contributed by atoms with Crippen LogP contribution in [0.25, 0.3) is 0 Å². The number of aryl methyl sites for hydroxylation is 1. The zero-order chi connectivity index (χ0) is 17.1. The number of benzene rings is 1. The molecule has 3 rings (SSSR count). The Balaban J connectivity index is 1.55. The Hall–Kier alpha value is -2.05. The second-order valence-corrected chi connectivity index (χ2v) is 6.42. The van der Waals surface area contributed by atoms with Crippen LogP contribution in [-0.4, -0.2) is 51.9 Å². The number of hydrogen-bond donors (Lipinski definition) is 0. The van der Waals surface area contributed by atoms with Gasteiger partial charge in [0.15, 0.2) is 10.9 Å². The molecule has 1 aliphatic heterocycles. The first-order valence-electron chi connectivity index (χ1n) is 7.93. The molecule has 0 aliphatic carbocycles. The highest BCUT2D eigenvalue weighted by Gasteiger charge is 2.29. The van der Waals surface area contributed by atoms with Crippen LogP contribution in [0.4, 0.5) is 4.79 Å². The van der Waals surface area contributed by atoms with E-state index in [2.05, 4.69) is 22.1 Å². The highest BCUT2D eigenvalue weighted by atomic mass is 35.5. The van der Waals surface area contributed by atoms with Crippen molar-refractivity contribution in [1.29, 1.82) is 0 Å². The zero-order valence-electron chi connectivity index (χ0n) is 13.9. The minimum atomic E-state index is -0.406. The fraction of sp³-hybridized carbons (Fsp3) is 0.412. The maximum absolute atomic E-state index is 12.3. The van der Waals surface area contributed by atoms with Gasteiger partial charge in [-0.15, -0.1) is 0 Å². The van der Waals surface area contributed by atoms with Gasteiger partial charge in [0.25, 0.3) is 0 Å². The number of aromatic nitrogens is 2. The standard InChI is InChI=1S/C17H21ClN4O2/c1-20(17(23)24-15-10-19-21(2)16(15)18)14-8-9-22(12-14)11-13-6-4-3-5-7-13/h3-7,10,14H,8-9,11-12H2,1-2H3. The van der Waals surface area contributed by atoms with Crippen molar-refractivity contribution in [1.82, 2.24) is 19.6 Å². The molecule has 0 spiro atoms. The first kappa shape index (κ1) is 16.8. The van der Waals surface area contributed by atoms with Gasteiger partial charge in [-0.3, -0.25) is 9.58 Å². The average Bonchev–Trinajstić information content (AvgIpc) is 3.17. The molecule has 128 valence electrons. The smallest absolute Gasteiger partial charge is 0.405 e. The van der Waals surface area contributed by atoms with Crippen LogP contribution in [0.2, 0.25) is 5.15 Å². The van der Waals surface area contributed by atoms with E-state index in [1.807, 2.05) is 18.2 Å². The lowest BCUT2D eigenvalue weighted by Gasteiger charge is -2.24. The first-order chi connectivity index (χ1) is 11.5. The average molecular weight is 349 g/mol. The Labute approximate surface area is 146 Å². The van der Waals surface area contributed by atoms with E-state index in [-0.39, 0.29) is 11.8 Å². The topological polar surface area (TPSA) is 50.6 Å². The minimum Gasteiger partial charge on any atom is -0.405 e. The number of nitrogens with zero attached hydrogens (tertiary/aromatic N) is 4. The van der Waals surface area contributed by atoms with Crippen LogP contribution in [0.1, 0.15) is 12.0 Å². The van der Waals surface area contributed by atoms with E-state index in [9.17, 15) is 4.79 Å². The summed E-state index contributed by atoms with van der Waals surface area (Å²) in [5.41, 5.74) is 1.28. The summed E-state index contributed by atoms with van der Waals surface area (Å²) in [4.78, 5) is 16.3. The van der Waals surface area contributed by atoms with E-state index >= 15 is 0 Å². The molecular formula is C17H21ClN4O2. The van der Waals surface area contributed by atoms with Crippen molar-refractivity contribution in [3.63, 3.8) is 0 Å². The van der Waals surface area contributed by atoms with E-state index in [4.69, 9.17) is 16.3 Å². The van der Waals surface area contributed by atoms with Crippen LogP contribution in [0.5, 0.6) is 5.75 Å². The summed E-state index contributed by atoms with van der Waals surface area (Å²) in [5.74, 6) is 0.287. The number of rotatable bonds is 4. The molecule has 1 fully saturated rings. The van der Waals surface area contributed by atoms with E-state index in [1.165, 1.54) is 16.4 Å². The van der Waals surface area contributed by atoms with Gasteiger partial charge in [-0.2, -0.15) is 5.10 Å². The van der Waals surface area contributed by atoms with Gasteiger partial charge in [0.2, 0.25) is 0 Å². The van der Waals surface area contributed by atoms with Crippen molar-refractivity contribution < 1.29 is 9.53 Å². The Kier molecular flexibility index (Phi) is 5.06. The minimum absolute atomic E-state index is 0.136. The number of likely N-dealkylation sites (N-methyl/N-ethyl adjacent to an activating group) is 1. The van der Waals surface area contributed by atoms with E-state index in [0.717, 1.165) is 26.1 Å². The fourth-order valence-electron chi connectivity index (χ4n) is 2.90. The second kappa shape index (κ2) is 7.23. The Morgan fingerprint density at radius 3 is 2.83 bits per heavy atom.